The second kappa shape index (κ2) is 13.8. The number of aromatic nitrogens is 5. The zero-order chi connectivity index (χ0) is 39.6. The average Bonchev–Trinajstić information content (AvgIpc) is 3.83. The van der Waals surface area contributed by atoms with Gasteiger partial charge in [0.2, 0.25) is 5.95 Å². The van der Waals surface area contributed by atoms with E-state index >= 15 is 0 Å². The van der Waals surface area contributed by atoms with Crippen molar-refractivity contribution in [2.45, 2.75) is 0 Å². The number of rotatable bonds is 6. The quantitative estimate of drug-likeness (QED) is 0.169. The monoisotopic (exact) mass is 765 g/mol. The molecule has 0 saturated carbocycles. The fourth-order valence-corrected chi connectivity index (χ4v) is 8.86. The Morgan fingerprint density at radius 2 is 0.700 bits per heavy atom. The topological polar surface area (TPSA) is 48.5 Å². The molecule has 12 rings (SSSR count). The second-order valence-electron chi connectivity index (χ2n) is 15.3. The summed E-state index contributed by atoms with van der Waals surface area (Å²) in [7, 11) is 0. The Kier molecular flexibility index (Phi) is 7.78. The molecule has 12 aromatic rings. The lowest BCUT2D eigenvalue weighted by Gasteiger charge is -2.12. The van der Waals surface area contributed by atoms with Gasteiger partial charge in [0.05, 0.1) is 22.1 Å². The molecule has 280 valence electrons. The molecule has 0 N–H and O–H groups in total. The number of para-hydroxylation sites is 2. The summed E-state index contributed by atoms with van der Waals surface area (Å²) in [6.45, 7) is 0. The van der Waals surface area contributed by atoms with Gasteiger partial charge in [-0.15, -0.1) is 0 Å². The van der Waals surface area contributed by atoms with E-state index in [2.05, 4.69) is 209 Å². The van der Waals surface area contributed by atoms with Gasteiger partial charge in [0, 0.05) is 38.4 Å². The third kappa shape index (κ3) is 5.59. The Bertz CT molecular complexity index is 3410. The fourth-order valence-electron chi connectivity index (χ4n) is 8.86. The van der Waals surface area contributed by atoms with Crippen LogP contribution in [-0.2, 0) is 0 Å². The Hall–Kier alpha value is -8.15. The highest BCUT2D eigenvalue weighted by atomic mass is 15.2. The number of nitrogens with zero attached hydrogens (tertiary/aromatic N) is 5. The van der Waals surface area contributed by atoms with Crippen LogP contribution in [0.2, 0.25) is 0 Å². The average molecular weight is 766 g/mol. The molecule has 0 spiro atoms. The van der Waals surface area contributed by atoms with Crippen molar-refractivity contribution >= 4 is 54.4 Å². The minimum absolute atomic E-state index is 0.564. The van der Waals surface area contributed by atoms with E-state index in [-0.39, 0.29) is 0 Å². The van der Waals surface area contributed by atoms with Crippen LogP contribution in [-0.4, -0.2) is 24.1 Å². The molecule has 60 heavy (non-hydrogen) atoms. The fraction of sp³-hybridized carbons (Fsp3) is 0. The van der Waals surface area contributed by atoms with Crippen LogP contribution in [0.25, 0.3) is 111 Å². The van der Waals surface area contributed by atoms with Crippen molar-refractivity contribution in [3.8, 4) is 56.7 Å². The van der Waals surface area contributed by atoms with Gasteiger partial charge in [-0.05, 0) is 75.5 Å². The van der Waals surface area contributed by atoms with Crippen LogP contribution in [0.1, 0.15) is 0 Å². The summed E-state index contributed by atoms with van der Waals surface area (Å²) < 4.78 is 4.60. The zero-order valence-corrected chi connectivity index (χ0v) is 32.4. The number of fused-ring (bicyclic) bond motifs is 7. The van der Waals surface area contributed by atoms with Crippen LogP contribution >= 0.6 is 0 Å². The maximum Gasteiger partial charge on any atom is 0.238 e. The first-order valence-corrected chi connectivity index (χ1v) is 20.3. The Balaban J connectivity index is 1.09. The number of hydrogen-bond acceptors (Lipinski definition) is 3. The van der Waals surface area contributed by atoms with Crippen LogP contribution in [0, 0.1) is 0 Å². The van der Waals surface area contributed by atoms with E-state index in [1.54, 1.807) is 0 Å². The molecular weight excluding hydrogens is 731 g/mol. The zero-order valence-electron chi connectivity index (χ0n) is 32.4. The molecule has 0 amide bonds. The summed E-state index contributed by atoms with van der Waals surface area (Å²) in [5.74, 6) is 1.79. The molecule has 0 radical (unpaired) electrons. The molecule has 0 aliphatic rings. The van der Waals surface area contributed by atoms with Crippen molar-refractivity contribution in [1.29, 1.82) is 0 Å². The van der Waals surface area contributed by atoms with Gasteiger partial charge in [0.25, 0.3) is 0 Å². The largest absolute Gasteiger partial charge is 0.309 e. The lowest BCUT2D eigenvalue weighted by Crippen LogP contribution is -2.06. The Morgan fingerprint density at radius 1 is 0.267 bits per heavy atom. The summed E-state index contributed by atoms with van der Waals surface area (Å²) in [5, 5.41) is 7.06. The lowest BCUT2D eigenvalue weighted by molar-refractivity contribution is 0.953. The first-order valence-electron chi connectivity index (χ1n) is 20.3. The van der Waals surface area contributed by atoms with Crippen molar-refractivity contribution in [3.05, 3.63) is 212 Å². The minimum atomic E-state index is 0.564. The predicted octanol–water partition coefficient (Wildman–Crippen LogP) is 13.9. The van der Waals surface area contributed by atoms with E-state index in [9.17, 15) is 0 Å². The van der Waals surface area contributed by atoms with Crippen molar-refractivity contribution in [3.63, 3.8) is 0 Å². The summed E-state index contributed by atoms with van der Waals surface area (Å²) >= 11 is 0. The van der Waals surface area contributed by atoms with Gasteiger partial charge in [-0.3, -0.25) is 4.57 Å². The molecule has 0 saturated heterocycles. The van der Waals surface area contributed by atoms with Gasteiger partial charge < -0.3 is 4.57 Å². The molecule has 0 atom stereocenters. The predicted molar refractivity (Wildman–Crippen MR) is 248 cm³/mol. The minimum Gasteiger partial charge on any atom is -0.309 e. The summed E-state index contributed by atoms with van der Waals surface area (Å²) in [6, 6.07) is 75.2. The first kappa shape index (κ1) is 33.9. The molecule has 0 fully saturated rings. The van der Waals surface area contributed by atoms with Crippen molar-refractivity contribution < 1.29 is 0 Å². The highest BCUT2D eigenvalue weighted by Gasteiger charge is 2.20. The number of hydrogen-bond donors (Lipinski definition) is 0. The molecule has 5 heteroatoms. The van der Waals surface area contributed by atoms with Gasteiger partial charge in [0.15, 0.2) is 11.6 Å². The van der Waals surface area contributed by atoms with E-state index < -0.39 is 0 Å². The Morgan fingerprint density at radius 3 is 1.27 bits per heavy atom. The van der Waals surface area contributed by atoms with Gasteiger partial charge in [-0.25, -0.2) is 4.98 Å². The van der Waals surface area contributed by atoms with Gasteiger partial charge >= 0.3 is 0 Å². The van der Waals surface area contributed by atoms with Crippen molar-refractivity contribution in [1.82, 2.24) is 24.1 Å². The summed E-state index contributed by atoms with van der Waals surface area (Å²) in [6.07, 6.45) is 0. The summed E-state index contributed by atoms with van der Waals surface area (Å²) in [4.78, 5) is 15.8. The van der Waals surface area contributed by atoms with Crippen LogP contribution in [0.4, 0.5) is 0 Å². The molecular formula is C55H35N5. The molecule has 9 aromatic carbocycles. The SMILES string of the molecule is c1ccc(-c2ccc(-c3nc(-c4ccc(-c5ccccc5)cc4)nc(-n4c5ccc(-n6c7ccccc7c7ccccc76)cc5c5cc6ccccc6cc54)n3)cc2)cc1. The van der Waals surface area contributed by atoms with Crippen LogP contribution in [0.15, 0.2) is 212 Å². The molecule has 0 aliphatic carbocycles. The molecule has 3 aromatic heterocycles. The highest BCUT2D eigenvalue weighted by molar-refractivity contribution is 6.15. The van der Waals surface area contributed by atoms with Crippen molar-refractivity contribution in [2.75, 3.05) is 0 Å². The highest BCUT2D eigenvalue weighted by Crippen LogP contribution is 2.39. The van der Waals surface area contributed by atoms with E-state index in [1.807, 2.05) is 12.1 Å². The van der Waals surface area contributed by atoms with E-state index in [0.29, 0.717) is 17.6 Å². The first-order chi connectivity index (χ1) is 29.7. The van der Waals surface area contributed by atoms with E-state index in [4.69, 9.17) is 15.0 Å². The molecule has 0 bridgehead atoms. The second-order valence-corrected chi connectivity index (χ2v) is 15.3. The molecule has 5 nitrogen and oxygen atoms in total. The number of benzene rings is 9. The molecule has 0 unspecified atom stereocenters. The maximum absolute atomic E-state index is 5.31. The van der Waals surface area contributed by atoms with Crippen LogP contribution < -0.4 is 0 Å². The van der Waals surface area contributed by atoms with E-state index in [0.717, 1.165) is 66.3 Å². The third-order valence-corrected chi connectivity index (χ3v) is 11.8. The lowest BCUT2D eigenvalue weighted by atomic mass is 10.0. The Labute approximate surface area is 346 Å². The van der Waals surface area contributed by atoms with Gasteiger partial charge in [-0.2, -0.15) is 9.97 Å². The van der Waals surface area contributed by atoms with Crippen LogP contribution in [0.3, 0.4) is 0 Å². The van der Waals surface area contributed by atoms with Gasteiger partial charge in [0.1, 0.15) is 0 Å². The normalized spacial score (nSPS) is 11.7. The third-order valence-electron chi connectivity index (χ3n) is 11.8. The van der Waals surface area contributed by atoms with Crippen LogP contribution in [0.5, 0.6) is 0 Å². The molecule has 0 aliphatic heterocycles. The van der Waals surface area contributed by atoms with Crippen molar-refractivity contribution in [2.24, 2.45) is 0 Å². The smallest absolute Gasteiger partial charge is 0.238 e. The standard InChI is InChI=1S/C55H35N5/c1-3-13-36(14-4-1)38-23-27-40(28-24-38)53-56-54(41-29-25-39(26-30-41)37-15-5-2-6-16-37)58-55(57-53)60-51-32-31-44(35-48(51)47-33-42-17-7-8-18-43(42)34-52(47)60)59-49-21-11-9-19-45(49)46-20-10-12-22-50(46)59/h1-35H. The summed E-state index contributed by atoms with van der Waals surface area (Å²) in [5.41, 5.74) is 11.9. The van der Waals surface area contributed by atoms with Gasteiger partial charge in [-0.1, -0.05) is 170 Å². The molecule has 3 heterocycles. The van der Waals surface area contributed by atoms with E-state index in [1.165, 1.54) is 27.2 Å². The maximum atomic E-state index is 5.31.